The highest BCUT2D eigenvalue weighted by Crippen LogP contribution is 2.27. The van der Waals surface area contributed by atoms with E-state index in [1.54, 1.807) is 13.2 Å². The highest BCUT2D eigenvalue weighted by molar-refractivity contribution is 7.99. The van der Waals surface area contributed by atoms with Crippen LogP contribution in [0.4, 0.5) is 0 Å². The summed E-state index contributed by atoms with van der Waals surface area (Å²) in [6.45, 7) is 0. The van der Waals surface area contributed by atoms with Crippen LogP contribution in [0.5, 0.6) is 5.75 Å². The molecule has 1 N–H and O–H groups in total. The first-order valence-corrected chi connectivity index (χ1v) is 8.00. The molecule has 116 valence electrons. The summed E-state index contributed by atoms with van der Waals surface area (Å²) in [5, 5.41) is 0.580. The Kier molecular flexibility index (Phi) is 4.78. The normalized spacial score (nSPS) is 10.5. The number of rotatable bonds is 5. The molecule has 2 aromatic carbocycles. The summed E-state index contributed by atoms with van der Waals surface area (Å²) < 4.78 is 5.21. The Hall–Kier alpha value is -2.53. The van der Waals surface area contributed by atoms with E-state index in [1.807, 2.05) is 54.6 Å². The average molecular weight is 324 g/mol. The minimum absolute atomic E-state index is 0.142. The van der Waals surface area contributed by atoms with E-state index in [0.29, 0.717) is 11.6 Å². The van der Waals surface area contributed by atoms with Crippen LogP contribution in [0, 0.1) is 0 Å². The fourth-order valence-corrected chi connectivity index (χ4v) is 3.06. The molecule has 1 heterocycles. The lowest BCUT2D eigenvalue weighted by Gasteiger charge is -2.06. The van der Waals surface area contributed by atoms with Crippen molar-refractivity contribution in [1.29, 1.82) is 0 Å². The summed E-state index contributed by atoms with van der Waals surface area (Å²) in [6, 6.07) is 19.2. The quantitative estimate of drug-likeness (QED) is 0.730. The van der Waals surface area contributed by atoms with Gasteiger partial charge in [-0.05, 0) is 23.8 Å². The maximum atomic E-state index is 11.9. The van der Waals surface area contributed by atoms with Gasteiger partial charge in [-0.1, -0.05) is 48.2 Å². The number of methoxy groups -OCH3 is 1. The van der Waals surface area contributed by atoms with Crippen LogP contribution >= 0.6 is 11.8 Å². The number of aromatic nitrogens is 2. The number of hydrogen-bond donors (Lipinski definition) is 1. The number of aromatic amines is 1. The zero-order valence-electron chi connectivity index (χ0n) is 12.7. The molecule has 0 bridgehead atoms. The average Bonchev–Trinajstić information content (AvgIpc) is 2.55. The van der Waals surface area contributed by atoms with Crippen LogP contribution in [0.15, 0.2) is 75.5 Å². The summed E-state index contributed by atoms with van der Waals surface area (Å²) in [7, 11) is 1.63. The second kappa shape index (κ2) is 7.15. The first kappa shape index (κ1) is 15.4. The van der Waals surface area contributed by atoms with Gasteiger partial charge in [-0.2, -0.15) is 0 Å². The molecule has 23 heavy (non-hydrogen) atoms. The van der Waals surface area contributed by atoms with Crippen LogP contribution in [-0.4, -0.2) is 17.1 Å². The third kappa shape index (κ3) is 4.23. The van der Waals surface area contributed by atoms with Gasteiger partial charge in [0.15, 0.2) is 5.16 Å². The molecule has 0 saturated heterocycles. The van der Waals surface area contributed by atoms with Gasteiger partial charge < -0.3 is 9.72 Å². The van der Waals surface area contributed by atoms with Gasteiger partial charge in [0.1, 0.15) is 5.75 Å². The molecule has 1 aromatic heterocycles. The molecule has 0 atom stereocenters. The second-order valence-corrected chi connectivity index (χ2v) is 6.05. The minimum atomic E-state index is -0.142. The van der Waals surface area contributed by atoms with Crippen molar-refractivity contribution in [3.63, 3.8) is 0 Å². The maximum Gasteiger partial charge on any atom is 0.251 e. The molecule has 4 nitrogen and oxygen atoms in total. The fraction of sp³-hybridized carbons (Fsp3) is 0.111. The summed E-state index contributed by atoms with van der Waals surface area (Å²) in [4.78, 5) is 20.2. The third-order valence-electron chi connectivity index (χ3n) is 3.26. The highest BCUT2D eigenvalue weighted by Gasteiger charge is 2.05. The zero-order chi connectivity index (χ0) is 16.1. The van der Waals surface area contributed by atoms with E-state index < -0.39 is 0 Å². The Morgan fingerprint density at radius 2 is 1.91 bits per heavy atom. The summed E-state index contributed by atoms with van der Waals surface area (Å²) >= 11 is 1.41. The van der Waals surface area contributed by atoms with Gasteiger partial charge in [0.05, 0.1) is 12.8 Å². The second-order valence-electron chi connectivity index (χ2n) is 4.99. The van der Waals surface area contributed by atoms with Crippen LogP contribution in [0.3, 0.4) is 0 Å². The van der Waals surface area contributed by atoms with Crippen molar-refractivity contribution in [3.8, 4) is 5.75 Å². The molecule has 0 aliphatic heterocycles. The summed E-state index contributed by atoms with van der Waals surface area (Å²) in [5.74, 6) is 0.776. The number of benzene rings is 2. The smallest absolute Gasteiger partial charge is 0.251 e. The number of nitrogens with zero attached hydrogens (tertiary/aromatic N) is 1. The SMILES string of the molecule is COc1cccc(Sc2nc(Cc3ccccc3)cc(=O)[nH]2)c1. The lowest BCUT2D eigenvalue weighted by atomic mass is 10.1. The molecular formula is C18H16N2O2S. The molecule has 3 aromatic rings. The van der Waals surface area contributed by atoms with Crippen molar-refractivity contribution in [2.75, 3.05) is 7.11 Å². The highest BCUT2D eigenvalue weighted by atomic mass is 32.2. The van der Waals surface area contributed by atoms with Crippen molar-refractivity contribution in [2.24, 2.45) is 0 Å². The molecule has 0 amide bonds. The first-order chi connectivity index (χ1) is 11.2. The van der Waals surface area contributed by atoms with Crippen molar-refractivity contribution in [2.45, 2.75) is 16.5 Å². The number of H-pyrrole nitrogens is 1. The van der Waals surface area contributed by atoms with Crippen molar-refractivity contribution >= 4 is 11.8 Å². The Morgan fingerprint density at radius 1 is 1.09 bits per heavy atom. The van der Waals surface area contributed by atoms with Crippen LogP contribution < -0.4 is 10.3 Å². The van der Waals surface area contributed by atoms with Crippen LogP contribution in [0.1, 0.15) is 11.3 Å². The predicted molar refractivity (Wildman–Crippen MR) is 91.2 cm³/mol. The number of hydrogen-bond acceptors (Lipinski definition) is 4. The van der Waals surface area contributed by atoms with E-state index in [4.69, 9.17) is 4.74 Å². The van der Waals surface area contributed by atoms with Gasteiger partial charge in [0, 0.05) is 17.4 Å². The Balaban J connectivity index is 1.84. The Bertz CT molecular complexity index is 847. The van der Waals surface area contributed by atoms with Gasteiger partial charge in [-0.3, -0.25) is 4.79 Å². The molecule has 0 unspecified atom stereocenters. The Morgan fingerprint density at radius 3 is 2.70 bits per heavy atom. The summed E-state index contributed by atoms with van der Waals surface area (Å²) in [6.07, 6.45) is 0.635. The van der Waals surface area contributed by atoms with Crippen LogP contribution in [-0.2, 0) is 6.42 Å². The van der Waals surface area contributed by atoms with E-state index in [-0.39, 0.29) is 5.56 Å². The van der Waals surface area contributed by atoms with E-state index >= 15 is 0 Å². The van der Waals surface area contributed by atoms with Crippen molar-refractivity contribution in [3.05, 3.63) is 82.3 Å². The largest absolute Gasteiger partial charge is 0.497 e. The van der Waals surface area contributed by atoms with Crippen LogP contribution in [0.2, 0.25) is 0 Å². The molecule has 0 spiro atoms. The molecule has 0 aliphatic carbocycles. The lowest BCUT2D eigenvalue weighted by molar-refractivity contribution is 0.413. The van der Waals surface area contributed by atoms with Crippen LogP contribution in [0.25, 0.3) is 0 Å². The van der Waals surface area contributed by atoms with E-state index in [9.17, 15) is 4.79 Å². The first-order valence-electron chi connectivity index (χ1n) is 7.19. The molecule has 3 rings (SSSR count). The van der Waals surface area contributed by atoms with Gasteiger partial charge >= 0.3 is 0 Å². The van der Waals surface area contributed by atoms with Gasteiger partial charge in [-0.25, -0.2) is 4.98 Å². The molecule has 0 aliphatic rings. The van der Waals surface area contributed by atoms with E-state index in [1.165, 1.54) is 11.8 Å². The topological polar surface area (TPSA) is 55.0 Å². The number of ether oxygens (including phenoxy) is 1. The lowest BCUT2D eigenvalue weighted by Crippen LogP contribution is -2.10. The Labute approximate surface area is 138 Å². The van der Waals surface area contributed by atoms with E-state index in [0.717, 1.165) is 21.9 Å². The molecule has 0 fully saturated rings. The maximum absolute atomic E-state index is 11.9. The monoisotopic (exact) mass is 324 g/mol. The predicted octanol–water partition coefficient (Wildman–Crippen LogP) is 3.52. The molecule has 5 heteroatoms. The van der Waals surface area contributed by atoms with Crippen molar-refractivity contribution < 1.29 is 4.74 Å². The van der Waals surface area contributed by atoms with Gasteiger partial charge in [0.25, 0.3) is 5.56 Å². The zero-order valence-corrected chi connectivity index (χ0v) is 13.5. The minimum Gasteiger partial charge on any atom is -0.497 e. The summed E-state index contributed by atoms with van der Waals surface area (Å²) in [5.41, 5.74) is 1.74. The van der Waals surface area contributed by atoms with E-state index in [2.05, 4.69) is 9.97 Å². The molecule has 0 radical (unpaired) electrons. The van der Waals surface area contributed by atoms with Gasteiger partial charge in [-0.15, -0.1) is 0 Å². The van der Waals surface area contributed by atoms with Crippen molar-refractivity contribution in [1.82, 2.24) is 9.97 Å². The fourth-order valence-electron chi connectivity index (χ4n) is 2.20. The third-order valence-corrected chi connectivity index (χ3v) is 4.13. The molecule has 0 saturated carbocycles. The molecular weight excluding hydrogens is 308 g/mol. The van der Waals surface area contributed by atoms with Gasteiger partial charge in [0.2, 0.25) is 0 Å². The number of nitrogens with one attached hydrogen (secondary N) is 1. The standard InChI is InChI=1S/C18H16N2O2S/c1-22-15-8-5-9-16(12-15)23-18-19-14(11-17(21)20-18)10-13-6-3-2-4-7-13/h2-9,11-12H,10H2,1H3,(H,19,20,21).